The van der Waals surface area contributed by atoms with Crippen molar-refractivity contribution < 1.29 is 33.0 Å². The van der Waals surface area contributed by atoms with E-state index in [1.54, 1.807) is 0 Å². The Labute approximate surface area is 112 Å². The molecule has 0 aliphatic heterocycles. The van der Waals surface area contributed by atoms with E-state index < -0.39 is 35.7 Å². The summed E-state index contributed by atoms with van der Waals surface area (Å²) in [6, 6.07) is 4.74. The van der Waals surface area contributed by atoms with E-state index in [-0.39, 0.29) is 12.0 Å². The van der Waals surface area contributed by atoms with E-state index in [1.165, 1.54) is 18.2 Å². The van der Waals surface area contributed by atoms with Crippen molar-refractivity contribution in [3.63, 3.8) is 0 Å². The van der Waals surface area contributed by atoms with Gasteiger partial charge in [-0.15, -0.1) is 0 Å². The summed E-state index contributed by atoms with van der Waals surface area (Å²) in [6.45, 7) is 0. The third-order valence-electron chi connectivity index (χ3n) is 2.51. The van der Waals surface area contributed by atoms with Gasteiger partial charge in [0.2, 0.25) is 0 Å². The van der Waals surface area contributed by atoms with Crippen LogP contribution >= 0.6 is 0 Å². The van der Waals surface area contributed by atoms with Crippen molar-refractivity contribution in [3.05, 3.63) is 47.0 Å². The van der Waals surface area contributed by atoms with E-state index in [4.69, 9.17) is 10.2 Å². The van der Waals surface area contributed by atoms with Gasteiger partial charge in [0.25, 0.3) is 0 Å². The highest BCUT2D eigenvalue weighted by atomic mass is 19.4. The number of carboxylic acids is 2. The van der Waals surface area contributed by atoms with Gasteiger partial charge in [0.1, 0.15) is 0 Å². The lowest BCUT2D eigenvalue weighted by atomic mass is 10.0. The van der Waals surface area contributed by atoms with E-state index in [2.05, 4.69) is 0 Å². The Balaban J connectivity index is 3.04. The average molecular weight is 288 g/mol. The summed E-state index contributed by atoms with van der Waals surface area (Å²) in [5.74, 6) is -2.82. The number of hydrogen-bond donors (Lipinski definition) is 2. The maximum atomic E-state index is 12.7. The van der Waals surface area contributed by atoms with E-state index >= 15 is 0 Å². The summed E-state index contributed by atoms with van der Waals surface area (Å²) in [4.78, 5) is 21.3. The number of halogens is 3. The van der Waals surface area contributed by atoms with Crippen molar-refractivity contribution in [1.82, 2.24) is 0 Å². The Morgan fingerprint density at radius 1 is 1.15 bits per heavy atom. The maximum absolute atomic E-state index is 12.7. The molecule has 108 valence electrons. The van der Waals surface area contributed by atoms with Crippen molar-refractivity contribution in [2.24, 2.45) is 0 Å². The van der Waals surface area contributed by atoms with Gasteiger partial charge in [-0.1, -0.05) is 24.3 Å². The first-order valence-corrected chi connectivity index (χ1v) is 5.51. The van der Waals surface area contributed by atoms with Crippen LogP contribution in [0.15, 0.2) is 35.9 Å². The molecule has 0 aromatic heterocycles. The fourth-order valence-corrected chi connectivity index (χ4v) is 1.61. The third-order valence-corrected chi connectivity index (χ3v) is 2.51. The fraction of sp³-hybridized carbons (Fsp3) is 0.231. The number of benzene rings is 1. The maximum Gasteiger partial charge on any atom is 0.416 e. The van der Waals surface area contributed by atoms with Crippen LogP contribution in [0.3, 0.4) is 0 Å². The number of alkyl halides is 3. The minimum atomic E-state index is -4.54. The zero-order valence-corrected chi connectivity index (χ0v) is 10.1. The van der Waals surface area contributed by atoms with Crippen molar-refractivity contribution in [1.29, 1.82) is 0 Å². The SMILES string of the molecule is O=C(O)CC(=CCc1ccccc1C(F)(F)F)C(=O)O. The molecule has 2 N–H and O–H groups in total. The van der Waals surface area contributed by atoms with Gasteiger partial charge >= 0.3 is 18.1 Å². The first-order chi connectivity index (χ1) is 9.21. The lowest BCUT2D eigenvalue weighted by molar-refractivity contribution is -0.139. The Morgan fingerprint density at radius 3 is 2.25 bits per heavy atom. The molecule has 0 heterocycles. The predicted molar refractivity (Wildman–Crippen MR) is 63.1 cm³/mol. The molecule has 20 heavy (non-hydrogen) atoms. The molecule has 0 aliphatic carbocycles. The Kier molecular flexibility index (Phi) is 4.90. The van der Waals surface area contributed by atoms with Crippen LogP contribution in [0, 0.1) is 0 Å². The molecule has 1 aromatic rings. The first kappa shape index (κ1) is 15.7. The molecule has 0 fully saturated rings. The van der Waals surface area contributed by atoms with Crippen molar-refractivity contribution in [2.75, 3.05) is 0 Å². The summed E-state index contributed by atoms with van der Waals surface area (Å²) in [5.41, 5.74) is -1.42. The molecule has 0 atom stereocenters. The summed E-state index contributed by atoms with van der Waals surface area (Å²) < 4.78 is 38.1. The van der Waals surface area contributed by atoms with E-state index in [0.29, 0.717) is 0 Å². The predicted octanol–water partition coefficient (Wildman–Crippen LogP) is 2.73. The van der Waals surface area contributed by atoms with Crippen LogP contribution in [-0.4, -0.2) is 22.2 Å². The normalized spacial score (nSPS) is 12.2. The van der Waals surface area contributed by atoms with Gasteiger partial charge in [-0.3, -0.25) is 4.79 Å². The summed E-state index contributed by atoms with van der Waals surface area (Å²) in [5, 5.41) is 17.3. The number of hydrogen-bond acceptors (Lipinski definition) is 2. The second kappa shape index (κ2) is 6.23. The minimum absolute atomic E-state index is 0.107. The molecule has 0 radical (unpaired) electrons. The molecule has 0 saturated carbocycles. The number of carbonyl (C=O) groups is 2. The van der Waals surface area contributed by atoms with E-state index in [9.17, 15) is 22.8 Å². The monoisotopic (exact) mass is 288 g/mol. The highest BCUT2D eigenvalue weighted by Crippen LogP contribution is 2.32. The van der Waals surface area contributed by atoms with Gasteiger partial charge in [-0.25, -0.2) is 4.79 Å². The smallest absolute Gasteiger partial charge is 0.416 e. The molecule has 0 saturated heterocycles. The molecule has 1 aromatic carbocycles. The second-order valence-electron chi connectivity index (χ2n) is 3.96. The lowest BCUT2D eigenvalue weighted by Crippen LogP contribution is -2.10. The molecular formula is C13H11F3O4. The van der Waals surface area contributed by atoms with Gasteiger partial charge in [-0.2, -0.15) is 13.2 Å². The average Bonchev–Trinajstić information content (AvgIpc) is 2.33. The van der Waals surface area contributed by atoms with Crippen LogP contribution in [-0.2, 0) is 22.2 Å². The molecule has 1 rings (SSSR count). The number of aliphatic carboxylic acids is 2. The minimum Gasteiger partial charge on any atom is -0.481 e. The molecule has 0 amide bonds. The molecule has 0 unspecified atom stereocenters. The van der Waals surface area contributed by atoms with Gasteiger partial charge < -0.3 is 10.2 Å². The number of allylic oxidation sites excluding steroid dienone is 1. The Bertz CT molecular complexity index is 547. The van der Waals surface area contributed by atoms with Crippen LogP contribution in [0.25, 0.3) is 0 Å². The molecule has 0 bridgehead atoms. The molecule has 7 heteroatoms. The van der Waals surface area contributed by atoms with Crippen LogP contribution in [0.5, 0.6) is 0 Å². The molecule has 0 spiro atoms. The lowest BCUT2D eigenvalue weighted by Gasteiger charge is -2.11. The van der Waals surface area contributed by atoms with Crippen LogP contribution in [0.4, 0.5) is 13.2 Å². The molecular weight excluding hydrogens is 277 g/mol. The quantitative estimate of drug-likeness (QED) is 0.817. The van der Waals surface area contributed by atoms with E-state index in [0.717, 1.165) is 12.1 Å². The zero-order chi connectivity index (χ0) is 15.3. The van der Waals surface area contributed by atoms with E-state index in [1.807, 2.05) is 0 Å². The zero-order valence-electron chi connectivity index (χ0n) is 10.1. The highest BCUT2D eigenvalue weighted by molar-refractivity contribution is 5.92. The highest BCUT2D eigenvalue weighted by Gasteiger charge is 2.32. The first-order valence-electron chi connectivity index (χ1n) is 5.51. The van der Waals surface area contributed by atoms with Gasteiger partial charge in [0, 0.05) is 5.57 Å². The Morgan fingerprint density at radius 2 is 1.75 bits per heavy atom. The fourth-order valence-electron chi connectivity index (χ4n) is 1.61. The largest absolute Gasteiger partial charge is 0.481 e. The van der Waals surface area contributed by atoms with Crippen LogP contribution < -0.4 is 0 Å². The van der Waals surface area contributed by atoms with Gasteiger partial charge in [-0.05, 0) is 18.1 Å². The summed E-state index contributed by atoms with van der Waals surface area (Å²) in [7, 11) is 0. The summed E-state index contributed by atoms with van der Waals surface area (Å²) >= 11 is 0. The summed E-state index contributed by atoms with van der Waals surface area (Å²) in [6.07, 6.45) is -4.60. The van der Waals surface area contributed by atoms with Crippen LogP contribution in [0.1, 0.15) is 17.5 Å². The Hall–Kier alpha value is -2.31. The molecule has 0 aliphatic rings. The number of carboxylic acid groups (broad SMARTS) is 2. The van der Waals surface area contributed by atoms with Crippen LogP contribution in [0.2, 0.25) is 0 Å². The molecule has 4 nitrogen and oxygen atoms in total. The standard InChI is InChI=1S/C13H11F3O4/c14-13(15,16)10-4-2-1-3-8(10)5-6-9(12(19)20)7-11(17)18/h1-4,6H,5,7H2,(H,17,18)(H,19,20). The second-order valence-corrected chi connectivity index (χ2v) is 3.96. The third kappa shape index (κ3) is 4.42. The topological polar surface area (TPSA) is 74.6 Å². The number of rotatable bonds is 5. The van der Waals surface area contributed by atoms with Gasteiger partial charge in [0.15, 0.2) is 0 Å². The van der Waals surface area contributed by atoms with Crippen molar-refractivity contribution in [2.45, 2.75) is 19.0 Å². The van der Waals surface area contributed by atoms with Gasteiger partial charge in [0.05, 0.1) is 12.0 Å². The van der Waals surface area contributed by atoms with Crippen molar-refractivity contribution in [3.8, 4) is 0 Å². The van der Waals surface area contributed by atoms with Crippen molar-refractivity contribution >= 4 is 11.9 Å².